The minimum atomic E-state index is 1.09. The van der Waals surface area contributed by atoms with Crippen molar-refractivity contribution in [3.05, 3.63) is 42.0 Å². The van der Waals surface area contributed by atoms with Gasteiger partial charge in [-0.15, -0.1) is 0 Å². The molecule has 0 saturated carbocycles. The molecule has 0 atom stereocenters. The summed E-state index contributed by atoms with van der Waals surface area (Å²) in [5.41, 5.74) is 1.09. The number of oxime groups is 1. The van der Waals surface area contributed by atoms with E-state index in [0.29, 0.717) is 0 Å². The molecule has 0 bridgehead atoms. The van der Waals surface area contributed by atoms with Crippen LogP contribution in [0.15, 0.2) is 41.6 Å². The second kappa shape index (κ2) is 4.28. The topological polar surface area (TPSA) is 32.6 Å². The van der Waals surface area contributed by atoms with Gasteiger partial charge in [0.05, 0.1) is 6.21 Å². The van der Waals surface area contributed by atoms with Gasteiger partial charge in [-0.1, -0.05) is 41.6 Å². The van der Waals surface area contributed by atoms with Crippen LogP contribution in [0.3, 0.4) is 0 Å². The number of benzene rings is 1. The minimum absolute atomic E-state index is 1.09. The lowest BCUT2D eigenvalue weighted by molar-refractivity contribution is 0.322. The Bertz CT molecular complexity index is 252. The van der Waals surface area contributed by atoms with Gasteiger partial charge in [-0.05, 0) is 11.6 Å². The summed E-state index contributed by atoms with van der Waals surface area (Å²) in [6, 6.07) is 9.81. The molecule has 1 rings (SSSR count). The zero-order chi connectivity index (χ0) is 7.94. The molecule has 11 heavy (non-hydrogen) atoms. The lowest BCUT2D eigenvalue weighted by atomic mass is 10.2. The van der Waals surface area contributed by atoms with Crippen LogP contribution in [-0.4, -0.2) is 11.4 Å². The molecular weight excluding hydrogens is 138 g/mol. The van der Waals surface area contributed by atoms with Gasteiger partial charge < -0.3 is 5.21 Å². The number of hydrogen-bond acceptors (Lipinski definition) is 2. The van der Waals surface area contributed by atoms with E-state index in [1.165, 1.54) is 6.21 Å². The normalized spacial score (nSPS) is 11.3. The van der Waals surface area contributed by atoms with Crippen LogP contribution >= 0.6 is 0 Å². The van der Waals surface area contributed by atoms with Crippen LogP contribution in [0.2, 0.25) is 0 Å². The van der Waals surface area contributed by atoms with E-state index in [1.54, 1.807) is 6.08 Å². The molecule has 0 spiro atoms. The zero-order valence-corrected chi connectivity index (χ0v) is 6.01. The van der Waals surface area contributed by atoms with E-state index in [2.05, 4.69) is 5.16 Å². The quantitative estimate of drug-likeness (QED) is 0.388. The van der Waals surface area contributed by atoms with Crippen LogP contribution in [0.4, 0.5) is 0 Å². The van der Waals surface area contributed by atoms with Crippen molar-refractivity contribution in [1.82, 2.24) is 0 Å². The molecule has 0 heterocycles. The Morgan fingerprint density at radius 1 is 1.18 bits per heavy atom. The van der Waals surface area contributed by atoms with Crippen molar-refractivity contribution in [2.75, 3.05) is 0 Å². The van der Waals surface area contributed by atoms with E-state index in [9.17, 15) is 0 Å². The Morgan fingerprint density at radius 2 is 1.91 bits per heavy atom. The van der Waals surface area contributed by atoms with E-state index in [4.69, 9.17) is 5.21 Å². The van der Waals surface area contributed by atoms with E-state index in [0.717, 1.165) is 5.56 Å². The van der Waals surface area contributed by atoms with Gasteiger partial charge in [0.2, 0.25) is 0 Å². The monoisotopic (exact) mass is 147 g/mol. The molecule has 0 fully saturated rings. The van der Waals surface area contributed by atoms with Crippen molar-refractivity contribution in [3.63, 3.8) is 0 Å². The Balaban J connectivity index is 2.64. The number of hydrogen-bond donors (Lipinski definition) is 1. The first-order valence-electron chi connectivity index (χ1n) is 3.32. The first-order chi connectivity index (χ1) is 5.43. The summed E-state index contributed by atoms with van der Waals surface area (Å²) in [7, 11) is 0. The third kappa shape index (κ3) is 2.67. The first kappa shape index (κ1) is 7.54. The van der Waals surface area contributed by atoms with Crippen LogP contribution in [0.5, 0.6) is 0 Å². The third-order valence-electron chi connectivity index (χ3n) is 1.24. The van der Waals surface area contributed by atoms with Gasteiger partial charge in [0.1, 0.15) is 0 Å². The van der Waals surface area contributed by atoms with Crippen LogP contribution in [0.25, 0.3) is 6.08 Å². The predicted molar refractivity (Wildman–Crippen MR) is 45.8 cm³/mol. The Morgan fingerprint density at radius 3 is 2.55 bits per heavy atom. The SMILES string of the molecule is ON=C/C=C\c1ccccc1. The number of rotatable bonds is 2. The summed E-state index contributed by atoms with van der Waals surface area (Å²) in [4.78, 5) is 0. The molecule has 1 aromatic rings. The average Bonchev–Trinajstić information content (AvgIpc) is 2.07. The number of nitrogens with zero attached hydrogens (tertiary/aromatic N) is 1. The molecule has 0 aromatic heterocycles. The molecule has 0 radical (unpaired) electrons. The third-order valence-corrected chi connectivity index (χ3v) is 1.24. The first-order valence-corrected chi connectivity index (χ1v) is 3.32. The molecule has 0 saturated heterocycles. The Labute approximate surface area is 65.5 Å². The molecule has 0 aliphatic carbocycles. The van der Waals surface area contributed by atoms with E-state index in [-0.39, 0.29) is 0 Å². The molecule has 2 nitrogen and oxygen atoms in total. The Hall–Kier alpha value is -1.57. The summed E-state index contributed by atoms with van der Waals surface area (Å²) >= 11 is 0. The van der Waals surface area contributed by atoms with Gasteiger partial charge in [-0.3, -0.25) is 0 Å². The zero-order valence-electron chi connectivity index (χ0n) is 6.01. The van der Waals surface area contributed by atoms with Crippen molar-refractivity contribution < 1.29 is 5.21 Å². The molecule has 0 aliphatic heterocycles. The molecule has 1 N–H and O–H groups in total. The highest BCUT2D eigenvalue weighted by atomic mass is 16.4. The lowest BCUT2D eigenvalue weighted by Gasteiger charge is -1.87. The standard InChI is InChI=1S/C9H9NO/c11-10-8-4-7-9-5-2-1-3-6-9/h1-8,11H/b7-4-,10-8?. The minimum Gasteiger partial charge on any atom is -0.411 e. The average molecular weight is 147 g/mol. The molecule has 2 heteroatoms. The fourth-order valence-corrected chi connectivity index (χ4v) is 0.757. The maximum absolute atomic E-state index is 8.06. The summed E-state index contributed by atoms with van der Waals surface area (Å²) in [6.45, 7) is 0. The van der Waals surface area contributed by atoms with Crippen LogP contribution in [-0.2, 0) is 0 Å². The maximum Gasteiger partial charge on any atom is 0.0661 e. The van der Waals surface area contributed by atoms with Crippen LogP contribution in [0.1, 0.15) is 5.56 Å². The Kier molecular flexibility index (Phi) is 2.93. The van der Waals surface area contributed by atoms with E-state index < -0.39 is 0 Å². The second-order valence-corrected chi connectivity index (χ2v) is 2.03. The van der Waals surface area contributed by atoms with Gasteiger partial charge in [-0.2, -0.15) is 0 Å². The summed E-state index contributed by atoms with van der Waals surface area (Å²) in [5, 5.41) is 10.9. The van der Waals surface area contributed by atoms with E-state index >= 15 is 0 Å². The highest BCUT2D eigenvalue weighted by Crippen LogP contribution is 1.99. The largest absolute Gasteiger partial charge is 0.411 e. The lowest BCUT2D eigenvalue weighted by Crippen LogP contribution is -1.68. The fraction of sp³-hybridized carbons (Fsp3) is 0. The molecule has 0 unspecified atom stereocenters. The molecule has 56 valence electrons. The second-order valence-electron chi connectivity index (χ2n) is 2.03. The van der Waals surface area contributed by atoms with Gasteiger partial charge in [0.15, 0.2) is 0 Å². The highest BCUT2D eigenvalue weighted by Gasteiger charge is 1.79. The van der Waals surface area contributed by atoms with Crippen LogP contribution in [0, 0.1) is 0 Å². The molecule has 1 aromatic carbocycles. The highest BCUT2D eigenvalue weighted by molar-refractivity contribution is 5.77. The van der Waals surface area contributed by atoms with Gasteiger partial charge in [-0.25, -0.2) is 0 Å². The van der Waals surface area contributed by atoms with Crippen molar-refractivity contribution in [3.8, 4) is 0 Å². The van der Waals surface area contributed by atoms with E-state index in [1.807, 2.05) is 36.4 Å². The summed E-state index contributed by atoms with van der Waals surface area (Å²) in [5.74, 6) is 0. The van der Waals surface area contributed by atoms with Crippen molar-refractivity contribution in [1.29, 1.82) is 0 Å². The van der Waals surface area contributed by atoms with Crippen molar-refractivity contribution >= 4 is 12.3 Å². The summed E-state index contributed by atoms with van der Waals surface area (Å²) in [6.07, 6.45) is 4.86. The van der Waals surface area contributed by atoms with Crippen molar-refractivity contribution in [2.24, 2.45) is 5.16 Å². The fourth-order valence-electron chi connectivity index (χ4n) is 0.757. The van der Waals surface area contributed by atoms with Crippen LogP contribution < -0.4 is 0 Å². The molecule has 0 aliphatic rings. The smallest absolute Gasteiger partial charge is 0.0661 e. The van der Waals surface area contributed by atoms with Gasteiger partial charge >= 0.3 is 0 Å². The maximum atomic E-state index is 8.06. The predicted octanol–water partition coefficient (Wildman–Crippen LogP) is 2.16. The molecular formula is C9H9NO. The van der Waals surface area contributed by atoms with Gasteiger partial charge in [0.25, 0.3) is 0 Å². The van der Waals surface area contributed by atoms with Crippen molar-refractivity contribution in [2.45, 2.75) is 0 Å². The number of allylic oxidation sites excluding steroid dienone is 1. The summed E-state index contributed by atoms with van der Waals surface area (Å²) < 4.78 is 0. The van der Waals surface area contributed by atoms with Gasteiger partial charge in [0, 0.05) is 0 Å². The molecule has 0 amide bonds.